The molecule has 1 aromatic heterocycles. The summed E-state index contributed by atoms with van der Waals surface area (Å²) in [4.78, 5) is 11.1. The van der Waals surface area contributed by atoms with Crippen LogP contribution in [0.15, 0.2) is 36.4 Å². The highest BCUT2D eigenvalue weighted by Gasteiger charge is 2.13. The molecule has 0 aliphatic carbocycles. The molecular weight excluding hydrogens is 263 g/mol. The number of nitriles is 1. The Kier molecular flexibility index (Phi) is 3.15. The maximum atomic E-state index is 11.1. The summed E-state index contributed by atoms with van der Waals surface area (Å²) >= 11 is 0. The second-order valence-electron chi connectivity index (χ2n) is 4.89. The Bertz CT molecular complexity index is 906. The van der Waals surface area contributed by atoms with Crippen LogP contribution in [0.25, 0.3) is 21.8 Å². The number of aromatic nitrogens is 1. The Morgan fingerprint density at radius 1 is 1.24 bits per heavy atom. The van der Waals surface area contributed by atoms with Crippen molar-refractivity contribution in [3.8, 4) is 6.07 Å². The number of nitrogens with zero attached hydrogens (tertiary/aromatic N) is 2. The minimum absolute atomic E-state index is 0.0961. The maximum Gasteiger partial charge on any atom is 0.323 e. The number of hydrogen-bond donors (Lipinski definition) is 1. The molecule has 0 bridgehead atoms. The lowest BCUT2D eigenvalue weighted by Gasteiger charge is -2.04. The number of hydrogen-bond acceptors (Lipinski definition) is 2. The van der Waals surface area contributed by atoms with Crippen molar-refractivity contribution in [3.63, 3.8) is 0 Å². The van der Waals surface area contributed by atoms with E-state index in [-0.39, 0.29) is 6.54 Å². The lowest BCUT2D eigenvalue weighted by molar-refractivity contribution is -0.137. The van der Waals surface area contributed by atoms with Crippen molar-refractivity contribution in [2.75, 3.05) is 0 Å². The fraction of sp³-hybridized carbons (Fsp3) is 0.125. The highest BCUT2D eigenvalue weighted by Crippen LogP contribution is 2.29. The van der Waals surface area contributed by atoms with Crippen molar-refractivity contribution in [1.29, 1.82) is 5.26 Å². The summed E-state index contributed by atoms with van der Waals surface area (Å²) in [7, 11) is 1.99. The molecule has 0 aliphatic heterocycles. The lowest BCUT2D eigenvalue weighted by Crippen LogP contribution is -2.11. The zero-order valence-electron chi connectivity index (χ0n) is 11.5. The fourth-order valence-electron chi connectivity index (χ4n) is 2.68. The molecule has 2 aromatic carbocycles. The number of aliphatic carboxylic acids is 1. The van der Waals surface area contributed by atoms with Gasteiger partial charge in [0.2, 0.25) is 0 Å². The summed E-state index contributed by atoms with van der Waals surface area (Å²) in [5, 5.41) is 20.1. The van der Waals surface area contributed by atoms with Crippen molar-refractivity contribution in [2.24, 2.45) is 0 Å². The highest BCUT2D eigenvalue weighted by molar-refractivity contribution is 6.52. The van der Waals surface area contributed by atoms with Gasteiger partial charge in [0.25, 0.3) is 0 Å². The molecule has 4 nitrogen and oxygen atoms in total. The van der Waals surface area contributed by atoms with Crippen LogP contribution >= 0.6 is 0 Å². The van der Waals surface area contributed by atoms with Crippen LogP contribution in [0.5, 0.6) is 0 Å². The standard InChI is InChI=1S/C16H12BN2O2/c1-17-11-3-5-15-13(7-11)12-6-10(8-18)2-4-14(12)19(15)9-16(20)21/h2-7H,9H2,1H3,(H,20,21). The average Bonchev–Trinajstić information content (AvgIpc) is 2.79. The highest BCUT2D eigenvalue weighted by atomic mass is 16.4. The van der Waals surface area contributed by atoms with Gasteiger partial charge in [-0.25, -0.2) is 0 Å². The van der Waals surface area contributed by atoms with E-state index < -0.39 is 5.97 Å². The summed E-state index contributed by atoms with van der Waals surface area (Å²) in [6.45, 7) is 1.86. The van der Waals surface area contributed by atoms with E-state index in [0.29, 0.717) is 5.56 Å². The van der Waals surface area contributed by atoms with Crippen LogP contribution in [0.3, 0.4) is 0 Å². The fourth-order valence-corrected chi connectivity index (χ4v) is 2.68. The van der Waals surface area contributed by atoms with Crippen LogP contribution in [0.1, 0.15) is 5.56 Å². The van der Waals surface area contributed by atoms with Gasteiger partial charge >= 0.3 is 5.97 Å². The van der Waals surface area contributed by atoms with Crippen molar-refractivity contribution >= 4 is 40.5 Å². The van der Waals surface area contributed by atoms with Gasteiger partial charge < -0.3 is 9.67 Å². The first kappa shape index (κ1) is 13.3. The van der Waals surface area contributed by atoms with Crippen LogP contribution in [0.4, 0.5) is 0 Å². The van der Waals surface area contributed by atoms with Crippen LogP contribution in [-0.4, -0.2) is 22.9 Å². The molecule has 0 fully saturated rings. The second kappa shape index (κ2) is 4.99. The normalized spacial score (nSPS) is 10.7. The SMILES string of the molecule is C[B]c1ccc2c(c1)c1cc(C#N)ccc1n2CC(=O)O. The third-order valence-corrected chi connectivity index (χ3v) is 3.64. The van der Waals surface area contributed by atoms with Gasteiger partial charge in [-0.05, 0) is 24.3 Å². The number of carboxylic acid groups (broad SMARTS) is 1. The van der Waals surface area contributed by atoms with Crippen molar-refractivity contribution in [2.45, 2.75) is 13.4 Å². The summed E-state index contributed by atoms with van der Waals surface area (Å²) in [5.41, 5.74) is 3.34. The number of carboxylic acids is 1. The zero-order chi connectivity index (χ0) is 15.0. The Morgan fingerprint density at radius 3 is 2.52 bits per heavy atom. The van der Waals surface area contributed by atoms with Gasteiger partial charge in [-0.15, -0.1) is 0 Å². The number of benzene rings is 2. The van der Waals surface area contributed by atoms with E-state index in [9.17, 15) is 4.79 Å². The summed E-state index contributed by atoms with van der Waals surface area (Å²) in [6, 6.07) is 13.4. The quantitative estimate of drug-likeness (QED) is 0.744. The molecule has 0 aliphatic rings. The van der Waals surface area contributed by atoms with Gasteiger partial charge in [0.05, 0.1) is 11.6 Å². The number of rotatable bonds is 3. The van der Waals surface area contributed by atoms with Gasteiger partial charge in [0, 0.05) is 21.8 Å². The predicted molar refractivity (Wildman–Crippen MR) is 83.0 cm³/mol. The van der Waals surface area contributed by atoms with Crippen LogP contribution in [0, 0.1) is 11.3 Å². The van der Waals surface area contributed by atoms with Crippen molar-refractivity contribution in [3.05, 3.63) is 42.0 Å². The maximum absolute atomic E-state index is 11.1. The molecule has 5 heteroatoms. The van der Waals surface area contributed by atoms with Crippen LogP contribution < -0.4 is 5.46 Å². The largest absolute Gasteiger partial charge is 0.480 e. The van der Waals surface area contributed by atoms with E-state index >= 15 is 0 Å². The first-order chi connectivity index (χ1) is 10.1. The van der Waals surface area contributed by atoms with Crippen LogP contribution in [-0.2, 0) is 11.3 Å². The molecular formula is C16H12BN2O2. The van der Waals surface area contributed by atoms with Gasteiger partial charge in [0.15, 0.2) is 0 Å². The molecule has 0 saturated heterocycles. The van der Waals surface area contributed by atoms with E-state index in [1.54, 1.807) is 10.6 Å². The van der Waals surface area contributed by atoms with Gasteiger partial charge in [0.1, 0.15) is 13.8 Å². The topological polar surface area (TPSA) is 66.0 Å². The Labute approximate surface area is 122 Å². The molecule has 3 aromatic rings. The smallest absolute Gasteiger partial charge is 0.323 e. The summed E-state index contributed by atoms with van der Waals surface area (Å²) < 4.78 is 1.77. The van der Waals surface area contributed by atoms with Crippen molar-refractivity contribution in [1.82, 2.24) is 4.57 Å². The van der Waals surface area contributed by atoms with E-state index in [2.05, 4.69) is 6.07 Å². The molecule has 1 N–H and O–H groups in total. The third kappa shape index (κ3) is 2.15. The molecule has 0 atom stereocenters. The molecule has 101 valence electrons. The minimum atomic E-state index is -0.885. The molecule has 1 heterocycles. The van der Waals surface area contributed by atoms with E-state index in [1.807, 2.05) is 44.4 Å². The summed E-state index contributed by atoms with van der Waals surface area (Å²) in [5.74, 6) is -0.885. The molecule has 0 amide bonds. The minimum Gasteiger partial charge on any atom is -0.480 e. The molecule has 21 heavy (non-hydrogen) atoms. The zero-order valence-corrected chi connectivity index (χ0v) is 11.5. The number of carbonyl (C=O) groups is 1. The Morgan fingerprint density at radius 2 is 1.90 bits per heavy atom. The average molecular weight is 275 g/mol. The van der Waals surface area contributed by atoms with E-state index in [0.717, 1.165) is 27.3 Å². The van der Waals surface area contributed by atoms with E-state index in [1.165, 1.54) is 0 Å². The van der Waals surface area contributed by atoms with Gasteiger partial charge in [-0.3, -0.25) is 4.79 Å². The lowest BCUT2D eigenvalue weighted by atomic mass is 9.73. The molecule has 0 unspecified atom stereocenters. The first-order valence-corrected chi connectivity index (χ1v) is 6.61. The Balaban J connectivity index is 2.42. The van der Waals surface area contributed by atoms with E-state index in [4.69, 9.17) is 10.4 Å². The summed E-state index contributed by atoms with van der Waals surface area (Å²) in [6.07, 6.45) is 0. The Hall–Kier alpha value is -2.74. The number of fused-ring (bicyclic) bond motifs is 3. The molecule has 1 radical (unpaired) electrons. The monoisotopic (exact) mass is 275 g/mol. The predicted octanol–water partition coefficient (Wildman–Crippen LogP) is 2.13. The van der Waals surface area contributed by atoms with Crippen LogP contribution in [0.2, 0.25) is 6.82 Å². The first-order valence-electron chi connectivity index (χ1n) is 6.61. The van der Waals surface area contributed by atoms with Gasteiger partial charge in [-0.1, -0.05) is 24.4 Å². The third-order valence-electron chi connectivity index (χ3n) is 3.64. The molecule has 0 saturated carbocycles. The van der Waals surface area contributed by atoms with Crippen molar-refractivity contribution < 1.29 is 9.90 Å². The molecule has 3 rings (SSSR count). The van der Waals surface area contributed by atoms with Gasteiger partial charge in [-0.2, -0.15) is 5.26 Å². The second-order valence-corrected chi connectivity index (χ2v) is 4.89. The molecule has 0 spiro atoms.